The van der Waals surface area contributed by atoms with Crippen molar-refractivity contribution in [3.8, 4) is 0 Å². The smallest absolute Gasteiger partial charge is 0.276 e. The molecule has 6 nitrogen and oxygen atoms in total. The Morgan fingerprint density at radius 3 is 2.80 bits per heavy atom. The number of aromatic nitrogens is 2. The molecule has 0 spiro atoms. The number of rotatable bonds is 5. The number of benzene rings is 2. The zero-order chi connectivity index (χ0) is 20.5. The van der Waals surface area contributed by atoms with Crippen LogP contribution in [0.25, 0.3) is 21.8 Å². The van der Waals surface area contributed by atoms with E-state index in [0.717, 1.165) is 41.5 Å². The van der Waals surface area contributed by atoms with Crippen LogP contribution in [-0.2, 0) is 11.3 Å². The van der Waals surface area contributed by atoms with Gasteiger partial charge in [0.05, 0.1) is 29.3 Å². The van der Waals surface area contributed by atoms with Gasteiger partial charge in [-0.3, -0.25) is 9.78 Å². The predicted molar refractivity (Wildman–Crippen MR) is 121 cm³/mol. The Morgan fingerprint density at radius 1 is 1.07 bits per heavy atom. The number of hydrogen-bond donors (Lipinski definition) is 1. The highest BCUT2D eigenvalue weighted by Crippen LogP contribution is 2.29. The van der Waals surface area contributed by atoms with Crippen molar-refractivity contribution in [2.24, 2.45) is 10.2 Å². The second-order valence-electron chi connectivity index (χ2n) is 7.34. The number of anilines is 1. The molecule has 1 aliphatic rings. The fourth-order valence-corrected chi connectivity index (χ4v) is 3.94. The van der Waals surface area contributed by atoms with E-state index in [2.05, 4.69) is 56.3 Å². The van der Waals surface area contributed by atoms with Crippen molar-refractivity contribution in [2.45, 2.75) is 26.3 Å². The Morgan fingerprint density at radius 2 is 1.90 bits per heavy atom. The summed E-state index contributed by atoms with van der Waals surface area (Å²) in [6.07, 6.45) is 5.76. The Balaban J connectivity index is 1.52. The largest absolute Gasteiger partial charge is 0.339 e. The second-order valence-corrected chi connectivity index (χ2v) is 7.34. The van der Waals surface area contributed by atoms with Crippen LogP contribution in [0.4, 0.5) is 5.69 Å². The fraction of sp³-hybridized carbons (Fsp3) is 0.167. The van der Waals surface area contributed by atoms with E-state index >= 15 is 0 Å². The molecule has 1 amide bonds. The minimum Gasteiger partial charge on any atom is -0.339 e. The molecule has 1 N–H and O–H groups in total. The quantitative estimate of drug-likeness (QED) is 0.391. The molecular formula is C24H21N5O. The summed E-state index contributed by atoms with van der Waals surface area (Å²) in [4.78, 5) is 16.7. The number of amides is 1. The molecule has 4 aromatic rings. The highest BCUT2D eigenvalue weighted by atomic mass is 16.2. The molecule has 0 radical (unpaired) electrons. The minimum absolute atomic E-state index is 0.240. The third-order valence-corrected chi connectivity index (χ3v) is 5.41. The van der Waals surface area contributed by atoms with E-state index < -0.39 is 0 Å². The number of carbonyl (C=O) groups is 1. The Kier molecular flexibility index (Phi) is 4.59. The van der Waals surface area contributed by atoms with Crippen LogP contribution in [0, 0.1) is 0 Å². The van der Waals surface area contributed by atoms with Crippen LogP contribution in [-0.4, -0.2) is 27.4 Å². The zero-order valence-corrected chi connectivity index (χ0v) is 16.7. The molecule has 3 heterocycles. The SMILES string of the molecule is CCCCn1c2ccccc2c2cc(C=NN=C3C(=O)Nc4ccccc43)ncc21. The number of unbranched alkanes of at least 4 members (excludes halogenated alkanes) is 1. The number of carbonyl (C=O) groups excluding carboxylic acids is 1. The van der Waals surface area contributed by atoms with Gasteiger partial charge in [0, 0.05) is 28.4 Å². The molecule has 0 bridgehead atoms. The number of nitrogens with zero attached hydrogens (tertiary/aromatic N) is 4. The molecule has 0 aliphatic carbocycles. The lowest BCUT2D eigenvalue weighted by Crippen LogP contribution is -2.13. The number of fused-ring (bicyclic) bond motifs is 4. The van der Waals surface area contributed by atoms with Gasteiger partial charge in [0.15, 0.2) is 5.71 Å². The van der Waals surface area contributed by atoms with Gasteiger partial charge in [-0.25, -0.2) is 0 Å². The van der Waals surface area contributed by atoms with E-state index in [1.165, 1.54) is 10.9 Å². The van der Waals surface area contributed by atoms with Gasteiger partial charge >= 0.3 is 0 Å². The van der Waals surface area contributed by atoms with Crippen molar-refractivity contribution in [3.63, 3.8) is 0 Å². The molecular weight excluding hydrogens is 374 g/mol. The van der Waals surface area contributed by atoms with Crippen LogP contribution in [0.5, 0.6) is 0 Å². The summed E-state index contributed by atoms with van der Waals surface area (Å²) in [5.41, 5.74) is 4.89. The molecule has 148 valence electrons. The first-order valence-electron chi connectivity index (χ1n) is 10.1. The molecule has 1 aliphatic heterocycles. The monoisotopic (exact) mass is 395 g/mol. The van der Waals surface area contributed by atoms with Crippen molar-refractivity contribution in [2.75, 3.05) is 5.32 Å². The van der Waals surface area contributed by atoms with Crippen molar-refractivity contribution >= 4 is 45.3 Å². The van der Waals surface area contributed by atoms with Gasteiger partial charge < -0.3 is 9.88 Å². The molecule has 2 aromatic heterocycles. The van der Waals surface area contributed by atoms with E-state index in [4.69, 9.17) is 0 Å². The van der Waals surface area contributed by atoms with E-state index in [1.807, 2.05) is 36.5 Å². The molecule has 0 fully saturated rings. The Hall–Kier alpha value is -3.80. The number of aryl methyl sites for hydroxylation is 1. The molecule has 2 aromatic carbocycles. The van der Waals surface area contributed by atoms with Gasteiger partial charge in [-0.2, -0.15) is 5.10 Å². The topological polar surface area (TPSA) is 71.6 Å². The van der Waals surface area contributed by atoms with Gasteiger partial charge in [-0.1, -0.05) is 49.7 Å². The van der Waals surface area contributed by atoms with Crippen LogP contribution in [0.2, 0.25) is 0 Å². The number of hydrogen-bond acceptors (Lipinski definition) is 4. The summed E-state index contributed by atoms with van der Waals surface area (Å²) in [5.74, 6) is -0.240. The number of pyridine rings is 1. The maximum atomic E-state index is 12.1. The van der Waals surface area contributed by atoms with Gasteiger partial charge in [0.2, 0.25) is 0 Å². The van der Waals surface area contributed by atoms with E-state index in [1.54, 1.807) is 6.21 Å². The Bertz CT molecular complexity index is 1330. The number of para-hydroxylation sites is 2. The fourth-order valence-electron chi connectivity index (χ4n) is 3.94. The highest BCUT2D eigenvalue weighted by molar-refractivity contribution is 6.53. The lowest BCUT2D eigenvalue weighted by molar-refractivity contribution is -0.110. The summed E-state index contributed by atoms with van der Waals surface area (Å²) in [6.45, 7) is 3.17. The van der Waals surface area contributed by atoms with E-state index in [-0.39, 0.29) is 5.91 Å². The normalized spacial score (nSPS) is 14.8. The van der Waals surface area contributed by atoms with Gasteiger partial charge in [-0.15, -0.1) is 5.10 Å². The number of nitrogens with one attached hydrogen (secondary N) is 1. The maximum Gasteiger partial charge on any atom is 0.276 e. The van der Waals surface area contributed by atoms with E-state index in [9.17, 15) is 4.79 Å². The predicted octanol–water partition coefficient (Wildman–Crippen LogP) is 4.76. The average Bonchev–Trinajstić information content (AvgIpc) is 3.26. The third kappa shape index (κ3) is 3.06. The second kappa shape index (κ2) is 7.55. The zero-order valence-electron chi connectivity index (χ0n) is 16.7. The van der Waals surface area contributed by atoms with Crippen molar-refractivity contribution in [1.82, 2.24) is 9.55 Å². The van der Waals surface area contributed by atoms with Crippen LogP contribution in [0.15, 0.2) is 71.0 Å². The maximum absolute atomic E-state index is 12.1. The summed E-state index contributed by atoms with van der Waals surface area (Å²) in [7, 11) is 0. The molecule has 0 unspecified atom stereocenters. The summed E-state index contributed by atoms with van der Waals surface area (Å²) >= 11 is 0. The summed E-state index contributed by atoms with van der Waals surface area (Å²) < 4.78 is 2.34. The molecule has 5 rings (SSSR count). The lowest BCUT2D eigenvalue weighted by atomic mass is 10.1. The van der Waals surface area contributed by atoms with Crippen molar-refractivity contribution in [3.05, 3.63) is 72.1 Å². The standard InChI is InChI=1S/C24H21N5O/c1-2-3-12-29-21-11-7-5-8-17(21)19-13-16(25-15-22(19)29)14-26-28-23-18-9-4-6-10-20(18)27-24(23)30/h4-11,13-15H,2-3,12H2,1H3,(H,27,28,30). The van der Waals surface area contributed by atoms with Crippen LogP contribution >= 0.6 is 0 Å². The summed E-state index contributed by atoms with van der Waals surface area (Å²) in [6, 6.07) is 17.9. The van der Waals surface area contributed by atoms with Gasteiger partial charge in [0.25, 0.3) is 5.91 Å². The van der Waals surface area contributed by atoms with Gasteiger partial charge in [0.1, 0.15) is 0 Å². The average molecular weight is 395 g/mol. The van der Waals surface area contributed by atoms with E-state index in [0.29, 0.717) is 11.4 Å². The Labute approximate surface area is 174 Å². The minimum atomic E-state index is -0.240. The highest BCUT2D eigenvalue weighted by Gasteiger charge is 2.25. The molecule has 0 atom stereocenters. The molecule has 0 saturated heterocycles. The first-order chi connectivity index (χ1) is 14.8. The van der Waals surface area contributed by atoms with Crippen LogP contribution in [0.3, 0.4) is 0 Å². The van der Waals surface area contributed by atoms with Crippen molar-refractivity contribution < 1.29 is 4.79 Å². The molecule has 30 heavy (non-hydrogen) atoms. The van der Waals surface area contributed by atoms with Crippen LogP contribution in [0.1, 0.15) is 31.0 Å². The lowest BCUT2D eigenvalue weighted by Gasteiger charge is -2.05. The van der Waals surface area contributed by atoms with Crippen LogP contribution < -0.4 is 5.32 Å². The molecule has 6 heteroatoms. The third-order valence-electron chi connectivity index (χ3n) is 5.41. The van der Waals surface area contributed by atoms with Crippen molar-refractivity contribution in [1.29, 1.82) is 0 Å². The first kappa shape index (κ1) is 18.2. The van der Waals surface area contributed by atoms with Gasteiger partial charge in [-0.05, 0) is 24.6 Å². The summed E-state index contributed by atoms with van der Waals surface area (Å²) in [5, 5.41) is 13.5. The first-order valence-corrected chi connectivity index (χ1v) is 10.1. The molecule has 0 saturated carbocycles.